The standard InChI is InChI=1S/C20H18N5O4S/c1-12(26)17-8-9-18(23-22-17)21-20(27)16-11-30-19(15(16)10-24(2)3)13-4-6-14(7-5-13)25(28)29/h4-9H,10H2,1-3H3,(H,21,23,27). The lowest BCUT2D eigenvalue weighted by atomic mass is 10.0. The molecule has 9 nitrogen and oxygen atoms in total. The van der Waals surface area contributed by atoms with Crippen LogP contribution >= 0.6 is 11.3 Å². The van der Waals surface area contributed by atoms with E-state index in [-0.39, 0.29) is 23.0 Å². The molecule has 1 radical (unpaired) electrons. The van der Waals surface area contributed by atoms with Crippen molar-refractivity contribution < 1.29 is 14.5 Å². The van der Waals surface area contributed by atoms with E-state index in [0.717, 1.165) is 16.0 Å². The maximum atomic E-state index is 12.8. The number of hydrogen-bond donors (Lipinski definition) is 1. The number of aromatic nitrogens is 2. The molecule has 1 amide bonds. The van der Waals surface area contributed by atoms with E-state index in [1.807, 2.05) is 19.0 Å². The van der Waals surface area contributed by atoms with Crippen LogP contribution in [-0.4, -0.2) is 45.8 Å². The van der Waals surface area contributed by atoms with Gasteiger partial charge >= 0.3 is 0 Å². The summed E-state index contributed by atoms with van der Waals surface area (Å²) in [5.41, 5.74) is 2.09. The normalized spacial score (nSPS) is 10.8. The van der Waals surface area contributed by atoms with E-state index >= 15 is 0 Å². The first-order chi connectivity index (χ1) is 14.3. The second kappa shape index (κ2) is 8.89. The summed E-state index contributed by atoms with van der Waals surface area (Å²) in [5, 5.41) is 24.2. The number of nitrogens with one attached hydrogen (secondary N) is 1. The highest BCUT2D eigenvalue weighted by atomic mass is 32.1. The van der Waals surface area contributed by atoms with E-state index in [2.05, 4.69) is 20.9 Å². The van der Waals surface area contributed by atoms with Gasteiger partial charge in [0, 0.05) is 30.5 Å². The van der Waals surface area contributed by atoms with Crippen LogP contribution in [0, 0.1) is 15.5 Å². The van der Waals surface area contributed by atoms with Gasteiger partial charge in [-0.05, 0) is 49.5 Å². The van der Waals surface area contributed by atoms with Gasteiger partial charge in [0.2, 0.25) is 0 Å². The Labute approximate surface area is 176 Å². The van der Waals surface area contributed by atoms with Crippen molar-refractivity contribution in [2.45, 2.75) is 13.5 Å². The quantitative estimate of drug-likeness (QED) is 0.351. The van der Waals surface area contributed by atoms with Crippen molar-refractivity contribution in [1.82, 2.24) is 15.1 Å². The van der Waals surface area contributed by atoms with E-state index in [9.17, 15) is 19.7 Å². The second-order valence-corrected chi connectivity index (χ2v) is 7.56. The number of Topliss-reactive ketones (excluding diaryl/α,β-unsaturated/α-hetero) is 1. The third kappa shape index (κ3) is 4.73. The Hall–Kier alpha value is -3.50. The number of ketones is 1. The Morgan fingerprint density at radius 3 is 2.40 bits per heavy atom. The fourth-order valence-electron chi connectivity index (χ4n) is 2.72. The summed E-state index contributed by atoms with van der Waals surface area (Å²) in [6.45, 7) is 1.86. The number of benzene rings is 1. The average Bonchev–Trinajstić information content (AvgIpc) is 3.11. The van der Waals surface area contributed by atoms with Crippen molar-refractivity contribution in [3.8, 4) is 10.4 Å². The lowest BCUT2D eigenvalue weighted by Gasteiger charge is -2.13. The maximum Gasteiger partial charge on any atom is 0.269 e. The highest BCUT2D eigenvalue weighted by molar-refractivity contribution is 7.13. The Morgan fingerprint density at radius 2 is 1.87 bits per heavy atom. The summed E-state index contributed by atoms with van der Waals surface area (Å²) < 4.78 is 0. The number of non-ortho nitro benzene ring substituents is 1. The minimum Gasteiger partial charge on any atom is -0.305 e. The van der Waals surface area contributed by atoms with Crippen LogP contribution in [0.3, 0.4) is 0 Å². The smallest absolute Gasteiger partial charge is 0.269 e. The molecule has 1 N–H and O–H groups in total. The molecule has 3 rings (SSSR count). The summed E-state index contributed by atoms with van der Waals surface area (Å²) in [7, 11) is 3.76. The van der Waals surface area contributed by atoms with Crippen molar-refractivity contribution in [3.63, 3.8) is 0 Å². The van der Waals surface area contributed by atoms with E-state index < -0.39 is 10.8 Å². The minimum absolute atomic E-state index is 0.000932. The number of nitro groups is 1. The molecule has 30 heavy (non-hydrogen) atoms. The number of thiophene rings is 1. The van der Waals surface area contributed by atoms with E-state index in [0.29, 0.717) is 12.1 Å². The van der Waals surface area contributed by atoms with Gasteiger partial charge in [-0.1, -0.05) is 0 Å². The van der Waals surface area contributed by atoms with Crippen LogP contribution in [0.4, 0.5) is 11.5 Å². The molecule has 0 aliphatic rings. The van der Waals surface area contributed by atoms with Crippen LogP contribution in [0.5, 0.6) is 0 Å². The summed E-state index contributed by atoms with van der Waals surface area (Å²) >= 11 is 1.27. The maximum absolute atomic E-state index is 12.8. The number of rotatable bonds is 7. The van der Waals surface area contributed by atoms with Gasteiger partial charge in [0.15, 0.2) is 11.6 Å². The van der Waals surface area contributed by atoms with Gasteiger partial charge in [-0.25, -0.2) is 0 Å². The molecule has 153 valence electrons. The topological polar surface area (TPSA) is 118 Å². The fourth-order valence-corrected chi connectivity index (χ4v) is 3.69. The highest BCUT2D eigenvalue weighted by Gasteiger charge is 2.21. The van der Waals surface area contributed by atoms with Crippen molar-refractivity contribution in [2.75, 3.05) is 19.4 Å². The number of amides is 1. The molecule has 0 fully saturated rings. The number of hydrogen-bond acceptors (Lipinski definition) is 8. The predicted molar refractivity (Wildman–Crippen MR) is 113 cm³/mol. The summed E-state index contributed by atoms with van der Waals surface area (Å²) in [6.07, 6.45) is 0. The number of anilines is 1. The first-order valence-electron chi connectivity index (χ1n) is 8.85. The Balaban J connectivity index is 1.91. The molecule has 0 saturated carbocycles. The SMILES string of the molecule is CC(=O)c1ccc(NC(=O)c2[c]sc(-c3ccc([N+](=O)[O-])cc3)c2CN(C)C)nn1. The number of carbonyl (C=O) groups excluding carboxylic acids is 2. The summed E-state index contributed by atoms with van der Waals surface area (Å²) in [6, 6.07) is 9.18. The lowest BCUT2D eigenvalue weighted by Crippen LogP contribution is -2.18. The van der Waals surface area contributed by atoms with Gasteiger partial charge in [0.25, 0.3) is 11.6 Å². The van der Waals surface area contributed by atoms with Crippen molar-refractivity contribution in [3.05, 3.63) is 68.7 Å². The van der Waals surface area contributed by atoms with Gasteiger partial charge < -0.3 is 10.2 Å². The predicted octanol–water partition coefficient (Wildman–Crippen LogP) is 3.43. The minimum atomic E-state index is -0.456. The van der Waals surface area contributed by atoms with Crippen molar-refractivity contribution >= 4 is 34.5 Å². The molecule has 0 unspecified atom stereocenters. The second-order valence-electron chi connectivity index (χ2n) is 6.74. The number of carbonyl (C=O) groups is 2. The molecule has 10 heteroatoms. The van der Waals surface area contributed by atoms with Crippen LogP contribution in [0.25, 0.3) is 10.4 Å². The number of nitro benzene ring substituents is 1. The monoisotopic (exact) mass is 424 g/mol. The third-order valence-corrected chi connectivity index (χ3v) is 5.13. The van der Waals surface area contributed by atoms with Gasteiger partial charge in [0.05, 0.1) is 15.9 Å². The molecule has 3 aromatic rings. The van der Waals surface area contributed by atoms with Crippen LogP contribution in [0.15, 0.2) is 36.4 Å². The highest BCUT2D eigenvalue weighted by Crippen LogP contribution is 2.34. The largest absolute Gasteiger partial charge is 0.305 e. The molecule has 0 saturated heterocycles. The number of nitrogens with zero attached hydrogens (tertiary/aromatic N) is 4. The van der Waals surface area contributed by atoms with Gasteiger partial charge in [-0.3, -0.25) is 19.7 Å². The van der Waals surface area contributed by atoms with Gasteiger partial charge in [-0.15, -0.1) is 21.5 Å². The van der Waals surface area contributed by atoms with E-state index in [1.165, 1.54) is 42.5 Å². The molecule has 0 bridgehead atoms. The van der Waals surface area contributed by atoms with Crippen LogP contribution in [-0.2, 0) is 6.54 Å². The lowest BCUT2D eigenvalue weighted by molar-refractivity contribution is -0.384. The van der Waals surface area contributed by atoms with E-state index in [1.54, 1.807) is 12.1 Å². The van der Waals surface area contributed by atoms with Crippen LogP contribution < -0.4 is 5.32 Å². The molecular formula is C20H18N5O4S. The molecule has 2 heterocycles. The average molecular weight is 424 g/mol. The zero-order valence-corrected chi connectivity index (χ0v) is 17.3. The molecule has 0 spiro atoms. The molecule has 1 aromatic carbocycles. The Morgan fingerprint density at radius 1 is 1.17 bits per heavy atom. The Kier molecular flexibility index (Phi) is 6.28. The molecule has 0 aliphatic carbocycles. The van der Waals surface area contributed by atoms with Crippen molar-refractivity contribution in [2.24, 2.45) is 0 Å². The van der Waals surface area contributed by atoms with Gasteiger partial charge in [0.1, 0.15) is 5.69 Å². The molecule has 2 aromatic heterocycles. The Bertz CT molecular complexity index is 1090. The van der Waals surface area contributed by atoms with Crippen molar-refractivity contribution in [1.29, 1.82) is 0 Å². The zero-order valence-electron chi connectivity index (χ0n) is 16.5. The summed E-state index contributed by atoms with van der Waals surface area (Å²) in [4.78, 5) is 37.3. The van der Waals surface area contributed by atoms with E-state index in [4.69, 9.17) is 0 Å². The van der Waals surface area contributed by atoms with Gasteiger partial charge in [-0.2, -0.15) is 0 Å². The van der Waals surface area contributed by atoms with Crippen LogP contribution in [0.2, 0.25) is 0 Å². The molecular weight excluding hydrogens is 406 g/mol. The molecule has 0 atom stereocenters. The summed E-state index contributed by atoms with van der Waals surface area (Å²) in [5.74, 6) is -0.397. The first-order valence-corrected chi connectivity index (χ1v) is 9.67. The third-order valence-electron chi connectivity index (χ3n) is 4.14. The zero-order chi connectivity index (χ0) is 21.8. The molecule has 0 aliphatic heterocycles. The van der Waals surface area contributed by atoms with Crippen LogP contribution in [0.1, 0.15) is 33.3 Å². The first kappa shape index (κ1) is 21.2. The fraction of sp³-hybridized carbons (Fsp3) is 0.200.